The highest BCUT2D eigenvalue weighted by molar-refractivity contribution is 7.59. The van der Waals surface area contributed by atoms with Gasteiger partial charge in [0, 0.05) is 17.7 Å². The molecule has 0 aromatic rings. The molecule has 0 saturated carbocycles. The summed E-state index contributed by atoms with van der Waals surface area (Å²) in [6, 6.07) is 0. The molecule has 1 heterocycles. The molecule has 1 fully saturated rings. The Kier molecular flexibility index (Phi) is 5.76. The molecule has 0 amide bonds. The molecule has 1 saturated heterocycles. The van der Waals surface area contributed by atoms with E-state index >= 15 is 0 Å². The van der Waals surface area contributed by atoms with Crippen LogP contribution in [0.15, 0.2) is 0 Å². The lowest BCUT2D eigenvalue weighted by Gasteiger charge is -2.33. The average Bonchev–Trinajstić information content (AvgIpc) is 2.51. The first-order chi connectivity index (χ1) is 9.24. The topological polar surface area (TPSA) is 44.8 Å². The van der Waals surface area contributed by atoms with Crippen LogP contribution in [0.4, 0.5) is 0 Å². The van der Waals surface area contributed by atoms with E-state index in [0.717, 1.165) is 0 Å². The highest BCUT2D eigenvalue weighted by Crippen LogP contribution is 2.58. The average molecular weight is 320 g/mol. The van der Waals surface area contributed by atoms with Gasteiger partial charge in [-0.2, -0.15) is 0 Å². The molecule has 1 aliphatic heterocycles. The summed E-state index contributed by atoms with van der Waals surface area (Å²) in [5.74, 6) is 0.203. The van der Waals surface area contributed by atoms with E-state index in [0.29, 0.717) is 6.61 Å². The monoisotopic (exact) mass is 320 g/mol. The molecule has 0 N–H and O–H groups in total. The smallest absolute Gasteiger partial charge is 0.205 e. The summed E-state index contributed by atoms with van der Waals surface area (Å²) in [5.41, 5.74) is -0.219. The fourth-order valence-electron chi connectivity index (χ4n) is 2.10. The Labute approximate surface area is 130 Å². The maximum absolute atomic E-state index is 12.9. The molecule has 1 rings (SSSR count). The lowest BCUT2D eigenvalue weighted by Crippen LogP contribution is -2.36. The van der Waals surface area contributed by atoms with Crippen molar-refractivity contribution in [1.82, 2.24) is 0 Å². The highest BCUT2D eigenvalue weighted by atomic mass is 31.2. The number of ether oxygens (including phenoxy) is 2. The van der Waals surface area contributed by atoms with Crippen LogP contribution >= 0.6 is 7.37 Å². The van der Waals surface area contributed by atoms with E-state index in [4.69, 9.17) is 14.0 Å². The van der Waals surface area contributed by atoms with Gasteiger partial charge in [0.2, 0.25) is 7.37 Å². The van der Waals surface area contributed by atoms with E-state index in [1.807, 2.05) is 48.5 Å². The molecule has 0 bridgehead atoms. The zero-order valence-corrected chi connectivity index (χ0v) is 16.0. The van der Waals surface area contributed by atoms with Gasteiger partial charge in [-0.25, -0.2) is 0 Å². The van der Waals surface area contributed by atoms with Crippen molar-refractivity contribution >= 4 is 7.37 Å². The Morgan fingerprint density at radius 3 is 2.05 bits per heavy atom. The zero-order valence-electron chi connectivity index (χ0n) is 15.1. The van der Waals surface area contributed by atoms with Crippen molar-refractivity contribution in [3.8, 4) is 0 Å². The standard InChI is InChI=1S/C16H33O4P/c1-11-12(2)19-13(10-18-15(3,4)5)14(11)20-21(9,17)16(6,7)8/h11-14H,10H2,1-9H3/t11-,12+,13-,14?,21?/m1/s1. The number of hydrogen-bond acceptors (Lipinski definition) is 4. The number of rotatable bonds is 4. The zero-order chi connectivity index (χ0) is 16.6. The Morgan fingerprint density at radius 2 is 1.62 bits per heavy atom. The van der Waals surface area contributed by atoms with Gasteiger partial charge in [0.05, 0.1) is 24.4 Å². The van der Waals surface area contributed by atoms with Crippen molar-refractivity contribution in [1.29, 1.82) is 0 Å². The van der Waals surface area contributed by atoms with Gasteiger partial charge >= 0.3 is 0 Å². The van der Waals surface area contributed by atoms with E-state index in [2.05, 4.69) is 6.92 Å². The van der Waals surface area contributed by atoms with Crippen LogP contribution in [0, 0.1) is 5.92 Å². The minimum Gasteiger partial charge on any atom is -0.373 e. The maximum Gasteiger partial charge on any atom is 0.205 e. The van der Waals surface area contributed by atoms with Gasteiger partial charge in [-0.05, 0) is 27.7 Å². The minimum atomic E-state index is -2.73. The van der Waals surface area contributed by atoms with Crippen LogP contribution in [0.5, 0.6) is 0 Å². The molecule has 0 aromatic carbocycles. The Bertz CT molecular complexity index is 394. The van der Waals surface area contributed by atoms with E-state index in [9.17, 15) is 4.57 Å². The summed E-state index contributed by atoms with van der Waals surface area (Å²) in [4.78, 5) is 0. The molecule has 4 nitrogen and oxygen atoms in total. The van der Waals surface area contributed by atoms with Crippen LogP contribution in [0.25, 0.3) is 0 Å². The Hall–Kier alpha value is 0.110. The second-order valence-electron chi connectivity index (χ2n) is 8.25. The van der Waals surface area contributed by atoms with E-state index in [-0.39, 0.29) is 35.0 Å². The summed E-state index contributed by atoms with van der Waals surface area (Å²) in [6.45, 7) is 18.2. The summed E-state index contributed by atoms with van der Waals surface area (Å²) >= 11 is 0. The van der Waals surface area contributed by atoms with Crippen LogP contribution in [0.3, 0.4) is 0 Å². The molecule has 126 valence electrons. The fourth-order valence-corrected chi connectivity index (χ4v) is 3.21. The molecule has 0 aliphatic carbocycles. The molecular formula is C16H33O4P. The van der Waals surface area contributed by atoms with Gasteiger partial charge in [-0.15, -0.1) is 0 Å². The first kappa shape index (κ1) is 19.2. The van der Waals surface area contributed by atoms with E-state index < -0.39 is 7.37 Å². The molecule has 2 unspecified atom stereocenters. The number of hydrogen-bond donors (Lipinski definition) is 0. The van der Waals surface area contributed by atoms with Gasteiger partial charge in [0.25, 0.3) is 0 Å². The molecule has 1 aliphatic rings. The molecular weight excluding hydrogens is 287 g/mol. The van der Waals surface area contributed by atoms with Crippen LogP contribution < -0.4 is 0 Å². The summed E-state index contributed by atoms with van der Waals surface area (Å²) in [7, 11) is -2.73. The fraction of sp³-hybridized carbons (Fsp3) is 1.00. The second-order valence-corrected chi connectivity index (χ2v) is 11.5. The Morgan fingerprint density at radius 1 is 1.10 bits per heavy atom. The molecule has 5 heteroatoms. The van der Waals surface area contributed by atoms with Crippen LogP contribution in [0.1, 0.15) is 55.4 Å². The van der Waals surface area contributed by atoms with Gasteiger partial charge in [-0.3, -0.25) is 4.57 Å². The van der Waals surface area contributed by atoms with Crippen molar-refractivity contribution in [2.24, 2.45) is 5.92 Å². The molecule has 0 aromatic heterocycles. The largest absolute Gasteiger partial charge is 0.373 e. The maximum atomic E-state index is 12.9. The second kappa shape index (κ2) is 6.31. The molecule has 0 spiro atoms. The van der Waals surface area contributed by atoms with Crippen LogP contribution in [-0.4, -0.2) is 42.3 Å². The third-order valence-electron chi connectivity index (χ3n) is 4.24. The van der Waals surface area contributed by atoms with E-state index in [1.54, 1.807) is 6.66 Å². The predicted octanol–water partition coefficient (Wildman–Crippen LogP) is 4.32. The van der Waals surface area contributed by atoms with Crippen molar-refractivity contribution in [2.45, 2.75) is 84.5 Å². The van der Waals surface area contributed by atoms with Gasteiger partial charge < -0.3 is 14.0 Å². The van der Waals surface area contributed by atoms with E-state index in [1.165, 1.54) is 0 Å². The Balaban J connectivity index is 2.82. The predicted molar refractivity (Wildman–Crippen MR) is 87.4 cm³/mol. The van der Waals surface area contributed by atoms with Crippen molar-refractivity contribution in [3.63, 3.8) is 0 Å². The normalized spacial score (nSPS) is 34.0. The minimum absolute atomic E-state index is 0.0866. The van der Waals surface area contributed by atoms with Crippen molar-refractivity contribution in [2.75, 3.05) is 13.3 Å². The molecule has 5 atom stereocenters. The summed E-state index contributed by atoms with van der Waals surface area (Å²) < 4.78 is 30.8. The quantitative estimate of drug-likeness (QED) is 0.724. The first-order valence-corrected chi connectivity index (χ1v) is 9.87. The molecule has 0 radical (unpaired) electrons. The van der Waals surface area contributed by atoms with Crippen molar-refractivity contribution in [3.05, 3.63) is 0 Å². The lowest BCUT2D eigenvalue weighted by molar-refractivity contribution is -0.0829. The first-order valence-electron chi connectivity index (χ1n) is 7.80. The lowest BCUT2D eigenvalue weighted by atomic mass is 10.00. The third kappa shape index (κ3) is 5.06. The summed E-state index contributed by atoms with van der Waals surface area (Å²) in [5, 5.41) is -0.367. The highest BCUT2D eigenvalue weighted by Gasteiger charge is 2.46. The van der Waals surface area contributed by atoms with Crippen LogP contribution in [0.2, 0.25) is 0 Å². The molecule has 21 heavy (non-hydrogen) atoms. The third-order valence-corrected chi connectivity index (χ3v) is 7.32. The van der Waals surface area contributed by atoms with Gasteiger partial charge in [-0.1, -0.05) is 27.7 Å². The van der Waals surface area contributed by atoms with Gasteiger partial charge in [0.15, 0.2) is 0 Å². The van der Waals surface area contributed by atoms with Gasteiger partial charge in [0.1, 0.15) is 6.10 Å². The van der Waals surface area contributed by atoms with Crippen molar-refractivity contribution < 1.29 is 18.6 Å². The summed E-state index contributed by atoms with van der Waals surface area (Å²) in [6.07, 6.45) is -0.259. The SMILES string of the molecule is C[C@@H]1O[C@H](COC(C)(C)C)C(OP(C)(=O)C(C)(C)C)[C@@H]1C. The van der Waals surface area contributed by atoms with Crippen LogP contribution in [-0.2, 0) is 18.6 Å².